The Kier molecular flexibility index (Phi) is 2.97. The third-order valence-corrected chi connectivity index (χ3v) is 1.71. The van der Waals surface area contributed by atoms with Crippen LogP contribution in [0.5, 0.6) is 0 Å². The van der Waals surface area contributed by atoms with Crippen LogP contribution in [0.2, 0.25) is 0 Å². The Balaban J connectivity index is 3.02. The molecule has 13 heavy (non-hydrogen) atoms. The summed E-state index contributed by atoms with van der Waals surface area (Å²) in [7, 11) is 1.47. The normalized spacial score (nSPS) is 9.77. The number of halogens is 1. The first-order valence-electron chi connectivity index (χ1n) is 3.80. The summed E-state index contributed by atoms with van der Waals surface area (Å²) in [5.74, 6) is -0.910. The Morgan fingerprint density at radius 3 is 2.77 bits per heavy atom. The number of carbonyl (C=O) groups is 1. The molecule has 0 fully saturated rings. The summed E-state index contributed by atoms with van der Waals surface area (Å²) in [5, 5.41) is 11.0. The molecule has 0 aliphatic carbocycles. The van der Waals surface area contributed by atoms with Gasteiger partial charge in [-0.1, -0.05) is 6.07 Å². The molecule has 1 rings (SSSR count). The molecule has 0 saturated carbocycles. The van der Waals surface area contributed by atoms with Crippen molar-refractivity contribution in [3.05, 3.63) is 35.1 Å². The molecule has 0 bridgehead atoms. The van der Waals surface area contributed by atoms with Gasteiger partial charge in [0.1, 0.15) is 5.82 Å². The first-order chi connectivity index (χ1) is 6.19. The minimum atomic E-state index is -0.566. The van der Waals surface area contributed by atoms with Gasteiger partial charge in [-0.05, 0) is 12.1 Å². The molecule has 0 unspecified atom stereocenters. The lowest BCUT2D eigenvalue weighted by molar-refractivity contribution is 0.0962. The molecular weight excluding hydrogens is 173 g/mol. The minimum absolute atomic E-state index is 0.188. The van der Waals surface area contributed by atoms with Crippen molar-refractivity contribution in [1.82, 2.24) is 5.32 Å². The van der Waals surface area contributed by atoms with Crippen LogP contribution in [0.1, 0.15) is 15.9 Å². The molecule has 0 aromatic heterocycles. The lowest BCUT2D eigenvalue weighted by Gasteiger charge is -2.02. The summed E-state index contributed by atoms with van der Waals surface area (Å²) >= 11 is 0. The van der Waals surface area contributed by atoms with E-state index in [4.69, 9.17) is 5.11 Å². The van der Waals surface area contributed by atoms with Crippen LogP contribution in [0.25, 0.3) is 0 Å². The van der Waals surface area contributed by atoms with Gasteiger partial charge in [-0.3, -0.25) is 4.79 Å². The monoisotopic (exact) mass is 183 g/mol. The molecule has 2 N–H and O–H groups in total. The van der Waals surface area contributed by atoms with Crippen molar-refractivity contribution < 1.29 is 14.3 Å². The summed E-state index contributed by atoms with van der Waals surface area (Å²) in [6.07, 6.45) is 0. The van der Waals surface area contributed by atoms with E-state index in [1.54, 1.807) is 0 Å². The molecule has 0 atom stereocenters. The van der Waals surface area contributed by atoms with Gasteiger partial charge in [0.05, 0.1) is 6.61 Å². The van der Waals surface area contributed by atoms with Gasteiger partial charge in [0.15, 0.2) is 0 Å². The molecule has 0 aliphatic rings. The van der Waals surface area contributed by atoms with Crippen molar-refractivity contribution in [2.75, 3.05) is 7.05 Å². The Labute approximate surface area is 75.2 Å². The van der Waals surface area contributed by atoms with Crippen LogP contribution >= 0.6 is 0 Å². The highest BCUT2D eigenvalue weighted by molar-refractivity contribution is 5.93. The summed E-state index contributed by atoms with van der Waals surface area (Å²) in [6.45, 7) is -0.361. The van der Waals surface area contributed by atoms with Crippen molar-refractivity contribution in [3.63, 3.8) is 0 Å². The predicted octanol–water partition coefficient (Wildman–Crippen LogP) is 0.678. The van der Waals surface area contributed by atoms with E-state index in [2.05, 4.69) is 5.32 Å². The summed E-state index contributed by atoms with van der Waals surface area (Å²) in [5.41, 5.74) is 0.435. The van der Waals surface area contributed by atoms with Crippen LogP contribution < -0.4 is 5.32 Å². The summed E-state index contributed by atoms with van der Waals surface area (Å²) in [4.78, 5) is 11.0. The highest BCUT2D eigenvalue weighted by Crippen LogP contribution is 2.10. The maximum Gasteiger partial charge on any atom is 0.251 e. The maximum absolute atomic E-state index is 13.0. The van der Waals surface area contributed by atoms with Crippen molar-refractivity contribution in [1.29, 1.82) is 0 Å². The Hall–Kier alpha value is -1.42. The number of carbonyl (C=O) groups excluding carboxylic acids is 1. The van der Waals surface area contributed by atoms with Crippen LogP contribution in [0.3, 0.4) is 0 Å². The smallest absolute Gasteiger partial charge is 0.251 e. The zero-order valence-corrected chi connectivity index (χ0v) is 7.17. The fraction of sp³-hybridized carbons (Fsp3) is 0.222. The van der Waals surface area contributed by atoms with E-state index in [0.717, 1.165) is 6.07 Å². The predicted molar refractivity (Wildman–Crippen MR) is 45.7 cm³/mol. The molecule has 4 heteroatoms. The van der Waals surface area contributed by atoms with Crippen molar-refractivity contribution in [3.8, 4) is 0 Å². The number of benzene rings is 1. The van der Waals surface area contributed by atoms with Gasteiger partial charge in [-0.15, -0.1) is 0 Å². The van der Waals surface area contributed by atoms with E-state index in [9.17, 15) is 9.18 Å². The number of aliphatic hydroxyl groups is 1. The van der Waals surface area contributed by atoms with Gasteiger partial charge >= 0.3 is 0 Å². The quantitative estimate of drug-likeness (QED) is 0.708. The third-order valence-electron chi connectivity index (χ3n) is 1.71. The topological polar surface area (TPSA) is 49.3 Å². The molecular formula is C9H10FNO2. The number of nitrogens with one attached hydrogen (secondary N) is 1. The molecule has 1 aromatic rings. The van der Waals surface area contributed by atoms with Gasteiger partial charge in [0.25, 0.3) is 5.91 Å². The standard InChI is InChI=1S/C9H10FNO2/c1-11-9(13)6-2-3-7(5-12)8(10)4-6/h2-4,12H,5H2,1H3,(H,11,13). The van der Waals surface area contributed by atoms with E-state index in [1.165, 1.54) is 19.2 Å². The third kappa shape index (κ3) is 2.03. The van der Waals surface area contributed by atoms with Gasteiger partial charge in [0.2, 0.25) is 0 Å². The summed E-state index contributed by atoms with van der Waals surface area (Å²) in [6, 6.07) is 3.96. The molecule has 0 saturated heterocycles. The molecule has 70 valence electrons. The molecule has 0 heterocycles. The van der Waals surface area contributed by atoms with Crippen molar-refractivity contribution >= 4 is 5.91 Å². The first kappa shape index (κ1) is 9.67. The van der Waals surface area contributed by atoms with E-state index in [-0.39, 0.29) is 23.6 Å². The number of amides is 1. The Morgan fingerprint density at radius 1 is 1.62 bits per heavy atom. The van der Waals surface area contributed by atoms with E-state index >= 15 is 0 Å². The van der Waals surface area contributed by atoms with E-state index in [1.807, 2.05) is 0 Å². The SMILES string of the molecule is CNC(=O)c1ccc(CO)c(F)c1. The molecule has 0 aliphatic heterocycles. The fourth-order valence-corrected chi connectivity index (χ4v) is 0.961. The first-order valence-corrected chi connectivity index (χ1v) is 3.80. The lowest BCUT2D eigenvalue weighted by atomic mass is 10.1. The van der Waals surface area contributed by atoms with E-state index < -0.39 is 5.82 Å². The second-order valence-corrected chi connectivity index (χ2v) is 2.54. The van der Waals surface area contributed by atoms with Crippen LogP contribution in [0, 0.1) is 5.82 Å². The lowest BCUT2D eigenvalue weighted by Crippen LogP contribution is -2.18. The fourth-order valence-electron chi connectivity index (χ4n) is 0.961. The van der Waals surface area contributed by atoms with Crippen LogP contribution in [-0.2, 0) is 6.61 Å². The number of hydrogen-bond acceptors (Lipinski definition) is 2. The van der Waals surface area contributed by atoms with Gasteiger partial charge in [0, 0.05) is 18.2 Å². The second kappa shape index (κ2) is 4.00. The minimum Gasteiger partial charge on any atom is -0.392 e. The average Bonchev–Trinajstić information content (AvgIpc) is 2.16. The molecule has 3 nitrogen and oxygen atoms in total. The summed E-state index contributed by atoms with van der Waals surface area (Å²) < 4.78 is 13.0. The van der Waals surface area contributed by atoms with Crippen LogP contribution in [0.4, 0.5) is 4.39 Å². The number of rotatable bonds is 2. The number of hydrogen-bond donors (Lipinski definition) is 2. The second-order valence-electron chi connectivity index (χ2n) is 2.54. The Morgan fingerprint density at radius 2 is 2.31 bits per heavy atom. The molecule has 0 radical (unpaired) electrons. The zero-order valence-electron chi connectivity index (χ0n) is 7.17. The van der Waals surface area contributed by atoms with Crippen molar-refractivity contribution in [2.24, 2.45) is 0 Å². The van der Waals surface area contributed by atoms with Gasteiger partial charge in [-0.2, -0.15) is 0 Å². The van der Waals surface area contributed by atoms with Crippen LogP contribution in [0.15, 0.2) is 18.2 Å². The molecule has 1 aromatic carbocycles. The van der Waals surface area contributed by atoms with Gasteiger partial charge < -0.3 is 10.4 Å². The maximum atomic E-state index is 13.0. The largest absolute Gasteiger partial charge is 0.392 e. The zero-order chi connectivity index (χ0) is 9.84. The molecule has 1 amide bonds. The van der Waals surface area contributed by atoms with Crippen LogP contribution in [-0.4, -0.2) is 18.1 Å². The van der Waals surface area contributed by atoms with Crippen molar-refractivity contribution in [2.45, 2.75) is 6.61 Å². The Bertz CT molecular complexity index is 325. The van der Waals surface area contributed by atoms with Gasteiger partial charge in [-0.25, -0.2) is 4.39 Å². The molecule has 0 spiro atoms. The van der Waals surface area contributed by atoms with E-state index in [0.29, 0.717) is 0 Å². The number of aliphatic hydroxyl groups excluding tert-OH is 1. The average molecular weight is 183 g/mol. The highest BCUT2D eigenvalue weighted by Gasteiger charge is 2.06. The highest BCUT2D eigenvalue weighted by atomic mass is 19.1.